The number of para-hydroxylation sites is 1. The molecular weight excluding hydrogens is 384 g/mol. The van der Waals surface area contributed by atoms with Crippen LogP contribution in [0.3, 0.4) is 0 Å². The maximum absolute atomic E-state index is 11.9. The van der Waals surface area contributed by atoms with Gasteiger partial charge in [0.25, 0.3) is 0 Å². The molecule has 0 bridgehead atoms. The van der Waals surface area contributed by atoms with Crippen LogP contribution in [0.5, 0.6) is 5.75 Å². The van der Waals surface area contributed by atoms with Crippen LogP contribution in [0.2, 0.25) is 0 Å². The van der Waals surface area contributed by atoms with E-state index in [4.69, 9.17) is 14.0 Å². The number of rotatable bonds is 7. The number of benzene rings is 1. The number of carbonyl (C=O) groups excluding carboxylic acids is 1. The number of nitrogens with one attached hydrogen (secondary N) is 1. The van der Waals surface area contributed by atoms with Gasteiger partial charge < -0.3 is 19.3 Å². The van der Waals surface area contributed by atoms with E-state index in [0.29, 0.717) is 43.4 Å². The van der Waals surface area contributed by atoms with E-state index >= 15 is 0 Å². The molecule has 1 aromatic heterocycles. The van der Waals surface area contributed by atoms with Crippen molar-refractivity contribution in [1.82, 2.24) is 20.4 Å². The van der Waals surface area contributed by atoms with Gasteiger partial charge >= 0.3 is 6.09 Å². The normalized spacial score (nSPS) is 19.6. The minimum absolute atomic E-state index is 0.355. The molecule has 1 aromatic carbocycles. The molecule has 1 aliphatic rings. The Kier molecular flexibility index (Phi) is 6.97. The number of likely N-dealkylation sites (tertiary alicyclic amines) is 1. The lowest BCUT2D eigenvalue weighted by Gasteiger charge is -2.20. The van der Waals surface area contributed by atoms with Crippen molar-refractivity contribution in [2.75, 3.05) is 19.7 Å². The number of hydrogen-bond donors (Lipinski definition) is 1. The first-order valence-corrected chi connectivity index (χ1v) is 10.5. The van der Waals surface area contributed by atoms with Gasteiger partial charge in [-0.2, -0.15) is 4.98 Å². The highest BCUT2D eigenvalue weighted by molar-refractivity contribution is 5.67. The number of carbonyl (C=O) groups is 1. The van der Waals surface area contributed by atoms with Crippen molar-refractivity contribution in [2.24, 2.45) is 5.92 Å². The highest BCUT2D eigenvalue weighted by Gasteiger charge is 2.31. The topological polar surface area (TPSA) is 89.7 Å². The van der Waals surface area contributed by atoms with Crippen molar-refractivity contribution in [2.45, 2.75) is 59.2 Å². The zero-order chi connectivity index (χ0) is 21.7. The molecule has 3 rings (SSSR count). The third-order valence-electron chi connectivity index (χ3n) is 4.96. The van der Waals surface area contributed by atoms with Gasteiger partial charge in [0.1, 0.15) is 11.4 Å². The van der Waals surface area contributed by atoms with E-state index in [1.165, 1.54) is 0 Å². The predicted molar refractivity (Wildman–Crippen MR) is 113 cm³/mol. The van der Waals surface area contributed by atoms with Crippen LogP contribution in [0.25, 0.3) is 11.4 Å². The summed E-state index contributed by atoms with van der Waals surface area (Å²) in [6, 6.07) is 8.04. The summed E-state index contributed by atoms with van der Waals surface area (Å²) >= 11 is 0. The molecule has 0 unspecified atom stereocenters. The monoisotopic (exact) mass is 416 g/mol. The fraction of sp³-hybridized carbons (Fsp3) is 0.591. The Morgan fingerprint density at radius 1 is 1.33 bits per heavy atom. The standard InChI is InChI=1S/C22H32N4O4/c1-6-28-18-10-8-7-9-17(18)20-24-19(30-25-20)14-26-13-16(11-15(26)2)12-23-21(27)29-22(3,4)5/h7-10,15-16H,6,11-14H2,1-5H3,(H,23,27)/t15-,16-/m0/s1. The van der Waals surface area contributed by atoms with Crippen LogP contribution in [0, 0.1) is 5.92 Å². The summed E-state index contributed by atoms with van der Waals surface area (Å²) in [5.41, 5.74) is 0.332. The molecular formula is C22H32N4O4. The van der Waals surface area contributed by atoms with E-state index in [2.05, 4.69) is 27.3 Å². The quantitative estimate of drug-likeness (QED) is 0.733. The average Bonchev–Trinajstić information content (AvgIpc) is 3.27. The van der Waals surface area contributed by atoms with Gasteiger partial charge in [0, 0.05) is 19.1 Å². The molecule has 0 radical (unpaired) electrons. The molecule has 1 saturated heterocycles. The molecule has 2 heterocycles. The molecule has 1 amide bonds. The first-order chi connectivity index (χ1) is 14.2. The minimum atomic E-state index is -0.491. The Bertz CT molecular complexity index is 846. The smallest absolute Gasteiger partial charge is 0.407 e. The maximum atomic E-state index is 11.9. The third-order valence-corrected chi connectivity index (χ3v) is 4.96. The number of amides is 1. The van der Waals surface area contributed by atoms with Gasteiger partial charge in [-0.3, -0.25) is 4.90 Å². The Balaban J connectivity index is 1.56. The van der Waals surface area contributed by atoms with Crippen molar-refractivity contribution in [1.29, 1.82) is 0 Å². The van der Waals surface area contributed by atoms with E-state index in [1.54, 1.807) is 0 Å². The number of hydrogen-bond acceptors (Lipinski definition) is 7. The molecule has 0 aliphatic carbocycles. The second kappa shape index (κ2) is 9.47. The second-order valence-electron chi connectivity index (χ2n) is 8.70. The van der Waals surface area contributed by atoms with Gasteiger partial charge in [-0.05, 0) is 59.1 Å². The molecule has 164 valence electrons. The summed E-state index contributed by atoms with van der Waals surface area (Å²) in [7, 11) is 0. The van der Waals surface area contributed by atoms with E-state index < -0.39 is 5.60 Å². The lowest BCUT2D eigenvalue weighted by Crippen LogP contribution is -2.36. The summed E-state index contributed by atoms with van der Waals surface area (Å²) in [5.74, 6) is 2.21. The Morgan fingerprint density at radius 3 is 2.83 bits per heavy atom. The van der Waals surface area contributed by atoms with Crippen molar-refractivity contribution in [3.8, 4) is 17.1 Å². The summed E-state index contributed by atoms with van der Waals surface area (Å²) in [4.78, 5) is 18.8. The number of aromatic nitrogens is 2. The van der Waals surface area contributed by atoms with Gasteiger partial charge in [-0.25, -0.2) is 4.79 Å². The number of alkyl carbamates (subject to hydrolysis) is 1. The minimum Gasteiger partial charge on any atom is -0.493 e. The summed E-state index contributed by atoms with van der Waals surface area (Å²) in [6.07, 6.45) is 0.618. The molecule has 8 heteroatoms. The molecule has 2 aromatic rings. The van der Waals surface area contributed by atoms with Gasteiger partial charge in [-0.15, -0.1) is 0 Å². The lowest BCUT2D eigenvalue weighted by atomic mass is 10.1. The van der Waals surface area contributed by atoms with E-state index in [9.17, 15) is 4.79 Å². The summed E-state index contributed by atoms with van der Waals surface area (Å²) in [6.45, 7) is 12.3. The SMILES string of the molecule is CCOc1ccccc1-c1noc(CN2C[C@H](CNC(=O)OC(C)(C)C)C[C@@H]2C)n1. The molecule has 0 saturated carbocycles. The highest BCUT2D eigenvalue weighted by Crippen LogP contribution is 2.29. The van der Waals surface area contributed by atoms with Crippen LogP contribution >= 0.6 is 0 Å². The van der Waals surface area contributed by atoms with Crippen molar-refractivity contribution in [3.63, 3.8) is 0 Å². The zero-order valence-corrected chi connectivity index (χ0v) is 18.5. The molecule has 1 fully saturated rings. The Hall–Kier alpha value is -2.61. The van der Waals surface area contributed by atoms with Crippen molar-refractivity contribution >= 4 is 6.09 Å². The third kappa shape index (κ3) is 5.95. The first kappa shape index (κ1) is 22.1. The summed E-state index contributed by atoms with van der Waals surface area (Å²) in [5, 5.41) is 7.02. The fourth-order valence-corrected chi connectivity index (χ4v) is 3.66. The molecule has 1 aliphatic heterocycles. The van der Waals surface area contributed by atoms with Crippen LogP contribution in [0.15, 0.2) is 28.8 Å². The molecule has 2 atom stereocenters. The van der Waals surface area contributed by atoms with Crippen LogP contribution < -0.4 is 10.1 Å². The van der Waals surface area contributed by atoms with Gasteiger partial charge in [0.2, 0.25) is 11.7 Å². The first-order valence-electron chi connectivity index (χ1n) is 10.5. The Labute approximate surface area is 177 Å². The van der Waals surface area contributed by atoms with Crippen molar-refractivity contribution < 1.29 is 18.8 Å². The van der Waals surface area contributed by atoms with Gasteiger partial charge in [0.15, 0.2) is 0 Å². The highest BCUT2D eigenvalue weighted by atomic mass is 16.6. The zero-order valence-electron chi connectivity index (χ0n) is 18.5. The van der Waals surface area contributed by atoms with E-state index in [0.717, 1.165) is 24.3 Å². The number of ether oxygens (including phenoxy) is 2. The van der Waals surface area contributed by atoms with Crippen LogP contribution in [0.1, 0.15) is 46.9 Å². The van der Waals surface area contributed by atoms with E-state index in [-0.39, 0.29) is 6.09 Å². The largest absolute Gasteiger partial charge is 0.493 e. The van der Waals surface area contributed by atoms with Gasteiger partial charge in [-0.1, -0.05) is 17.3 Å². The predicted octanol–water partition coefficient (Wildman–Crippen LogP) is 3.87. The van der Waals surface area contributed by atoms with E-state index in [1.807, 2.05) is 52.0 Å². The van der Waals surface area contributed by atoms with Crippen LogP contribution in [-0.2, 0) is 11.3 Å². The van der Waals surface area contributed by atoms with Crippen LogP contribution in [0.4, 0.5) is 4.79 Å². The summed E-state index contributed by atoms with van der Waals surface area (Å²) < 4.78 is 16.5. The fourth-order valence-electron chi connectivity index (χ4n) is 3.66. The lowest BCUT2D eigenvalue weighted by molar-refractivity contribution is 0.0519. The van der Waals surface area contributed by atoms with Gasteiger partial charge in [0.05, 0.1) is 18.7 Å². The molecule has 0 spiro atoms. The average molecular weight is 417 g/mol. The number of nitrogens with zero attached hydrogens (tertiary/aromatic N) is 3. The van der Waals surface area contributed by atoms with Crippen LogP contribution in [-0.4, -0.2) is 52.5 Å². The van der Waals surface area contributed by atoms with Crippen molar-refractivity contribution in [3.05, 3.63) is 30.2 Å². The molecule has 1 N–H and O–H groups in total. The molecule has 30 heavy (non-hydrogen) atoms. The molecule has 8 nitrogen and oxygen atoms in total. The maximum Gasteiger partial charge on any atom is 0.407 e. The Morgan fingerprint density at radius 2 is 2.10 bits per heavy atom. The second-order valence-corrected chi connectivity index (χ2v) is 8.70.